The first-order valence-corrected chi connectivity index (χ1v) is 7.75. The van der Waals surface area contributed by atoms with Gasteiger partial charge in [-0.3, -0.25) is 4.79 Å². The van der Waals surface area contributed by atoms with Gasteiger partial charge in [0.2, 0.25) is 0 Å². The number of benzene rings is 1. The van der Waals surface area contributed by atoms with E-state index in [1.807, 2.05) is 30.3 Å². The Labute approximate surface area is 138 Å². The van der Waals surface area contributed by atoms with Crippen LogP contribution < -0.4 is 5.32 Å². The van der Waals surface area contributed by atoms with E-state index in [-0.39, 0.29) is 24.6 Å². The van der Waals surface area contributed by atoms with E-state index >= 15 is 0 Å². The molecule has 4 N–H and O–H groups in total. The minimum Gasteiger partial charge on any atom is -0.395 e. The topological polar surface area (TPSA) is 121 Å². The van der Waals surface area contributed by atoms with Gasteiger partial charge in [0, 0.05) is 12.5 Å². The molecule has 2 aromatic rings. The zero-order chi connectivity index (χ0) is 17.3. The van der Waals surface area contributed by atoms with Crippen molar-refractivity contribution in [3.05, 3.63) is 36.0 Å². The van der Waals surface area contributed by atoms with Crippen LogP contribution in [0.2, 0.25) is 0 Å². The maximum Gasteiger partial charge on any atom is 0.182 e. The minimum atomic E-state index is -1.06. The smallest absolute Gasteiger partial charge is 0.182 e. The number of ketones is 1. The molecule has 1 aromatic carbocycles. The van der Waals surface area contributed by atoms with Crippen LogP contribution in [0.5, 0.6) is 0 Å². The van der Waals surface area contributed by atoms with E-state index in [9.17, 15) is 20.1 Å². The number of aliphatic hydroxyl groups is 3. The van der Waals surface area contributed by atoms with Crippen molar-refractivity contribution in [2.45, 2.75) is 37.8 Å². The van der Waals surface area contributed by atoms with Crippen molar-refractivity contribution in [1.29, 1.82) is 0 Å². The summed E-state index contributed by atoms with van der Waals surface area (Å²) in [6.45, 7) is 1.35. The van der Waals surface area contributed by atoms with Gasteiger partial charge in [0.25, 0.3) is 0 Å². The summed E-state index contributed by atoms with van der Waals surface area (Å²) in [7, 11) is 0. The molecule has 2 heterocycles. The number of hydrogen-bond donors (Lipinski definition) is 4. The summed E-state index contributed by atoms with van der Waals surface area (Å²) in [6, 6.07) is 8.17. The third-order valence-electron chi connectivity index (χ3n) is 4.28. The largest absolute Gasteiger partial charge is 0.395 e. The number of aromatic nitrogens is 3. The lowest BCUT2D eigenvalue weighted by Crippen LogP contribution is -2.38. The summed E-state index contributed by atoms with van der Waals surface area (Å²) >= 11 is 0. The molecule has 0 amide bonds. The molecule has 8 nitrogen and oxygen atoms in total. The van der Waals surface area contributed by atoms with Crippen LogP contribution in [0.1, 0.15) is 17.4 Å². The number of carbonyl (C=O) groups is 1. The SMILES string of the molecule is CC(=O)c1nnn(C[C@H]2N[C@H](CO)[C@@H](O)[C@@H]2O)c1-c1ccccc1. The van der Waals surface area contributed by atoms with Crippen LogP contribution in [-0.4, -0.2) is 67.0 Å². The minimum absolute atomic E-state index is 0.201. The maximum absolute atomic E-state index is 11.9. The maximum atomic E-state index is 11.9. The van der Waals surface area contributed by atoms with E-state index in [0.717, 1.165) is 5.56 Å². The molecule has 24 heavy (non-hydrogen) atoms. The van der Waals surface area contributed by atoms with Gasteiger partial charge in [-0.1, -0.05) is 35.5 Å². The first kappa shape index (κ1) is 16.7. The average molecular weight is 332 g/mol. The highest BCUT2D eigenvalue weighted by Crippen LogP contribution is 2.24. The Morgan fingerprint density at radius 3 is 2.46 bits per heavy atom. The number of hydrogen-bond acceptors (Lipinski definition) is 7. The Balaban J connectivity index is 1.93. The van der Waals surface area contributed by atoms with Crippen molar-refractivity contribution in [2.75, 3.05) is 6.61 Å². The summed E-state index contributed by atoms with van der Waals surface area (Å²) in [6.07, 6.45) is -2.10. The fourth-order valence-electron chi connectivity index (χ4n) is 3.02. The zero-order valence-corrected chi connectivity index (χ0v) is 13.2. The zero-order valence-electron chi connectivity index (χ0n) is 13.2. The van der Waals surface area contributed by atoms with Crippen molar-refractivity contribution in [3.8, 4) is 11.3 Å². The van der Waals surface area contributed by atoms with Crippen LogP contribution in [0.3, 0.4) is 0 Å². The van der Waals surface area contributed by atoms with Crippen molar-refractivity contribution < 1.29 is 20.1 Å². The normalized spacial score (nSPS) is 26.7. The second-order valence-corrected chi connectivity index (χ2v) is 5.93. The molecule has 0 spiro atoms. The Morgan fingerprint density at radius 1 is 1.21 bits per heavy atom. The van der Waals surface area contributed by atoms with Crippen molar-refractivity contribution >= 4 is 5.78 Å². The summed E-state index contributed by atoms with van der Waals surface area (Å²) in [4.78, 5) is 11.9. The third-order valence-corrected chi connectivity index (χ3v) is 4.28. The lowest BCUT2D eigenvalue weighted by molar-refractivity contribution is 0.0176. The Morgan fingerprint density at radius 2 is 1.88 bits per heavy atom. The second-order valence-electron chi connectivity index (χ2n) is 5.93. The number of nitrogens with zero attached hydrogens (tertiary/aromatic N) is 3. The molecule has 0 bridgehead atoms. The van der Waals surface area contributed by atoms with Gasteiger partial charge in [0.1, 0.15) is 0 Å². The van der Waals surface area contributed by atoms with E-state index < -0.39 is 24.3 Å². The van der Waals surface area contributed by atoms with Crippen molar-refractivity contribution in [3.63, 3.8) is 0 Å². The lowest BCUT2D eigenvalue weighted by Gasteiger charge is -2.17. The third kappa shape index (κ3) is 2.96. The number of rotatable bonds is 5. The molecule has 4 atom stereocenters. The predicted molar refractivity (Wildman–Crippen MR) is 85.3 cm³/mol. The molecule has 3 rings (SSSR count). The molecular weight excluding hydrogens is 312 g/mol. The van der Waals surface area contributed by atoms with Gasteiger partial charge in [-0.15, -0.1) is 5.10 Å². The fourth-order valence-corrected chi connectivity index (χ4v) is 3.02. The molecule has 8 heteroatoms. The summed E-state index contributed by atoms with van der Waals surface area (Å²) in [5.74, 6) is -0.201. The predicted octanol–water partition coefficient (Wildman–Crippen LogP) is -0.798. The molecule has 0 saturated carbocycles. The molecule has 1 aromatic heterocycles. The molecule has 128 valence electrons. The van der Waals surface area contributed by atoms with Crippen LogP contribution in [0, 0.1) is 0 Å². The average Bonchev–Trinajstić information content (AvgIpc) is 3.12. The molecule has 1 fully saturated rings. The first-order chi connectivity index (χ1) is 11.5. The van der Waals surface area contributed by atoms with Gasteiger partial charge >= 0.3 is 0 Å². The standard InChI is InChI=1S/C16H20N4O4/c1-9(22)13-14(10-5-3-2-4-6-10)20(19-18-13)7-11-15(23)16(24)12(8-21)17-11/h2-6,11-12,15-17,21,23-24H,7-8H2,1H3/t11-,12-,15-,16-/m1/s1. The summed E-state index contributed by atoms with van der Waals surface area (Å²) < 4.78 is 1.54. The summed E-state index contributed by atoms with van der Waals surface area (Å²) in [5.41, 5.74) is 1.62. The monoisotopic (exact) mass is 332 g/mol. The number of carbonyl (C=O) groups excluding carboxylic acids is 1. The quantitative estimate of drug-likeness (QED) is 0.529. The van der Waals surface area contributed by atoms with Crippen molar-refractivity contribution in [1.82, 2.24) is 20.3 Å². The molecule has 1 saturated heterocycles. The van der Waals surface area contributed by atoms with Gasteiger partial charge in [-0.25, -0.2) is 4.68 Å². The summed E-state index contributed by atoms with van der Waals surface area (Å²) in [5, 5.41) is 40.3. The van der Waals surface area contributed by atoms with Crippen LogP contribution in [0.25, 0.3) is 11.3 Å². The number of nitrogens with one attached hydrogen (secondary N) is 1. The molecule has 0 radical (unpaired) electrons. The van der Waals surface area contributed by atoms with Crippen LogP contribution >= 0.6 is 0 Å². The van der Waals surface area contributed by atoms with E-state index in [1.165, 1.54) is 6.92 Å². The highest BCUT2D eigenvalue weighted by Gasteiger charge is 2.41. The Kier molecular flexibility index (Phi) is 4.72. The van der Waals surface area contributed by atoms with E-state index in [1.54, 1.807) is 4.68 Å². The molecular formula is C16H20N4O4. The molecule has 0 aliphatic carbocycles. The first-order valence-electron chi connectivity index (χ1n) is 7.75. The van der Waals surface area contributed by atoms with E-state index in [4.69, 9.17) is 0 Å². The fraction of sp³-hybridized carbons (Fsp3) is 0.438. The molecule has 0 unspecified atom stereocenters. The number of aliphatic hydroxyl groups excluding tert-OH is 3. The lowest BCUT2D eigenvalue weighted by atomic mass is 10.1. The molecule has 1 aliphatic rings. The Bertz CT molecular complexity index is 718. The van der Waals surface area contributed by atoms with Gasteiger partial charge < -0.3 is 20.6 Å². The van der Waals surface area contributed by atoms with Crippen LogP contribution in [0.4, 0.5) is 0 Å². The van der Waals surface area contributed by atoms with Crippen LogP contribution in [-0.2, 0) is 6.54 Å². The Hall–Kier alpha value is -2.13. The van der Waals surface area contributed by atoms with Gasteiger partial charge in [0.15, 0.2) is 11.5 Å². The van der Waals surface area contributed by atoms with Crippen LogP contribution in [0.15, 0.2) is 30.3 Å². The molecule has 1 aliphatic heterocycles. The van der Waals surface area contributed by atoms with Gasteiger partial charge in [0.05, 0.1) is 43.1 Å². The van der Waals surface area contributed by atoms with Gasteiger partial charge in [-0.2, -0.15) is 0 Å². The number of Topliss-reactive ketones (excluding diaryl/α,β-unsaturated/α-hetero) is 1. The second kappa shape index (κ2) is 6.78. The van der Waals surface area contributed by atoms with E-state index in [2.05, 4.69) is 15.6 Å². The highest BCUT2D eigenvalue weighted by atomic mass is 16.3. The van der Waals surface area contributed by atoms with Crippen molar-refractivity contribution in [2.24, 2.45) is 0 Å². The van der Waals surface area contributed by atoms with E-state index in [0.29, 0.717) is 5.69 Å². The van der Waals surface area contributed by atoms with Gasteiger partial charge in [-0.05, 0) is 0 Å². The highest BCUT2D eigenvalue weighted by molar-refractivity contribution is 5.97.